The van der Waals surface area contributed by atoms with Gasteiger partial charge in [-0.3, -0.25) is 4.79 Å². The second kappa shape index (κ2) is 6.58. The molecule has 114 valence electrons. The van der Waals surface area contributed by atoms with Crippen molar-refractivity contribution in [2.24, 2.45) is 11.3 Å². The maximum absolute atomic E-state index is 11.6. The molecule has 2 amide bonds. The molecule has 1 aliphatic carbocycles. The van der Waals surface area contributed by atoms with Crippen LogP contribution in [-0.4, -0.2) is 42.8 Å². The lowest BCUT2D eigenvalue weighted by Gasteiger charge is -2.15. The Hall–Kier alpha value is -1.79. The summed E-state index contributed by atoms with van der Waals surface area (Å²) in [7, 11) is 1.23. The smallest absolute Gasteiger partial charge is 0.326 e. The summed E-state index contributed by atoms with van der Waals surface area (Å²) in [6, 6.07) is -1.62. The lowest BCUT2D eigenvalue weighted by Crippen LogP contribution is -2.46. The average Bonchev–Trinajstić information content (AvgIpc) is 2.98. The Bertz CT molecular complexity index is 394. The first-order valence-electron chi connectivity index (χ1n) is 6.60. The molecule has 0 aromatic rings. The van der Waals surface area contributed by atoms with Crippen LogP contribution in [0.2, 0.25) is 0 Å². The van der Waals surface area contributed by atoms with Gasteiger partial charge in [0.2, 0.25) is 0 Å². The van der Waals surface area contributed by atoms with Crippen molar-refractivity contribution in [3.63, 3.8) is 0 Å². The van der Waals surface area contributed by atoms with Crippen molar-refractivity contribution in [1.82, 2.24) is 10.6 Å². The first kappa shape index (κ1) is 16.3. The maximum Gasteiger partial charge on any atom is 0.326 e. The summed E-state index contributed by atoms with van der Waals surface area (Å²) in [6.07, 6.45) is 1.01. The third-order valence-corrected chi connectivity index (χ3v) is 3.69. The molecule has 1 rings (SSSR count). The molecule has 7 nitrogen and oxygen atoms in total. The van der Waals surface area contributed by atoms with Gasteiger partial charge in [0.15, 0.2) is 0 Å². The molecule has 7 heteroatoms. The normalized spacial score (nSPS) is 20.6. The van der Waals surface area contributed by atoms with Crippen LogP contribution >= 0.6 is 0 Å². The Morgan fingerprint density at radius 1 is 1.40 bits per heavy atom. The number of hydrogen-bond donors (Lipinski definition) is 3. The number of methoxy groups -OCH3 is 1. The van der Waals surface area contributed by atoms with Gasteiger partial charge in [0.1, 0.15) is 6.04 Å². The summed E-state index contributed by atoms with van der Waals surface area (Å²) < 4.78 is 4.44. The van der Waals surface area contributed by atoms with Gasteiger partial charge < -0.3 is 20.5 Å². The summed E-state index contributed by atoms with van der Waals surface area (Å²) >= 11 is 0. The molecular formula is C13H22N2O5. The Labute approximate surface area is 118 Å². The van der Waals surface area contributed by atoms with Gasteiger partial charge in [-0.1, -0.05) is 13.8 Å². The fraction of sp³-hybridized carbons (Fsp3) is 0.769. The number of rotatable bonds is 7. The van der Waals surface area contributed by atoms with E-state index in [1.54, 1.807) is 0 Å². The molecule has 3 N–H and O–H groups in total. The van der Waals surface area contributed by atoms with Crippen molar-refractivity contribution >= 4 is 18.0 Å². The monoisotopic (exact) mass is 286 g/mol. The number of esters is 1. The van der Waals surface area contributed by atoms with Gasteiger partial charge in [-0.05, 0) is 24.2 Å². The highest BCUT2D eigenvalue weighted by molar-refractivity contribution is 5.83. The van der Waals surface area contributed by atoms with Crippen LogP contribution in [0.3, 0.4) is 0 Å². The molecule has 0 aliphatic heterocycles. The van der Waals surface area contributed by atoms with E-state index in [-0.39, 0.29) is 18.3 Å². The van der Waals surface area contributed by atoms with Crippen LogP contribution in [0.4, 0.5) is 4.79 Å². The third kappa shape index (κ3) is 5.07. The Balaban J connectivity index is 2.31. The topological polar surface area (TPSA) is 105 Å². The lowest BCUT2D eigenvalue weighted by atomic mass is 10.1. The van der Waals surface area contributed by atoms with Crippen LogP contribution in [0.5, 0.6) is 0 Å². The first-order valence-corrected chi connectivity index (χ1v) is 6.60. The summed E-state index contributed by atoms with van der Waals surface area (Å²) in [5.41, 5.74) is 0.254. The number of carbonyl (C=O) groups is 3. The van der Waals surface area contributed by atoms with Crippen molar-refractivity contribution in [2.45, 2.75) is 39.2 Å². The zero-order chi connectivity index (χ0) is 15.3. The minimum atomic E-state index is -1.17. The van der Waals surface area contributed by atoms with Crippen LogP contribution in [0, 0.1) is 11.3 Å². The number of ether oxygens (including phenoxy) is 1. The van der Waals surface area contributed by atoms with E-state index in [9.17, 15) is 14.4 Å². The SMILES string of the molecule is COC(=O)CC[C@H](NC(=O)NCC1CC1(C)C)C(=O)O. The summed E-state index contributed by atoms with van der Waals surface area (Å²) in [6.45, 7) is 4.77. The number of carboxylic acids is 1. The van der Waals surface area contributed by atoms with Gasteiger partial charge in [-0.25, -0.2) is 9.59 Å². The number of urea groups is 1. The maximum atomic E-state index is 11.6. The minimum Gasteiger partial charge on any atom is -0.480 e. The number of nitrogens with one attached hydrogen (secondary N) is 2. The van der Waals surface area contributed by atoms with Crippen molar-refractivity contribution in [3.8, 4) is 0 Å². The second-order valence-electron chi connectivity index (χ2n) is 5.75. The van der Waals surface area contributed by atoms with Crippen molar-refractivity contribution < 1.29 is 24.2 Å². The fourth-order valence-corrected chi connectivity index (χ4v) is 1.97. The highest BCUT2D eigenvalue weighted by atomic mass is 16.5. The van der Waals surface area contributed by atoms with E-state index in [1.807, 2.05) is 0 Å². The average molecular weight is 286 g/mol. The van der Waals surface area contributed by atoms with Gasteiger partial charge in [-0.2, -0.15) is 0 Å². The molecule has 1 fully saturated rings. The lowest BCUT2D eigenvalue weighted by molar-refractivity contribution is -0.142. The second-order valence-corrected chi connectivity index (χ2v) is 5.75. The molecule has 0 bridgehead atoms. The van der Waals surface area contributed by atoms with Gasteiger partial charge in [0, 0.05) is 13.0 Å². The predicted molar refractivity (Wildman–Crippen MR) is 71.1 cm³/mol. The largest absolute Gasteiger partial charge is 0.480 e. The molecule has 0 aromatic heterocycles. The highest BCUT2D eigenvalue weighted by Crippen LogP contribution is 2.50. The van der Waals surface area contributed by atoms with Gasteiger partial charge in [0.25, 0.3) is 0 Å². The van der Waals surface area contributed by atoms with Crippen LogP contribution in [0.15, 0.2) is 0 Å². The van der Waals surface area contributed by atoms with Crippen LogP contribution in [0.25, 0.3) is 0 Å². The van der Waals surface area contributed by atoms with Crippen molar-refractivity contribution in [2.75, 3.05) is 13.7 Å². The highest BCUT2D eigenvalue weighted by Gasteiger charge is 2.45. The molecule has 0 radical (unpaired) electrons. The molecule has 0 heterocycles. The third-order valence-electron chi connectivity index (χ3n) is 3.69. The van der Waals surface area contributed by atoms with E-state index < -0.39 is 24.0 Å². The van der Waals surface area contributed by atoms with E-state index in [4.69, 9.17) is 5.11 Å². The van der Waals surface area contributed by atoms with Crippen LogP contribution in [-0.2, 0) is 14.3 Å². The number of hydrogen-bond acceptors (Lipinski definition) is 4. The summed E-state index contributed by atoms with van der Waals surface area (Å²) in [5, 5.41) is 14.0. The van der Waals surface area contributed by atoms with E-state index in [0.29, 0.717) is 12.5 Å². The van der Waals surface area contributed by atoms with E-state index in [1.165, 1.54) is 7.11 Å². The van der Waals surface area contributed by atoms with E-state index in [0.717, 1.165) is 6.42 Å². The first-order chi connectivity index (χ1) is 9.26. The molecular weight excluding hydrogens is 264 g/mol. The molecule has 2 atom stereocenters. The minimum absolute atomic E-state index is 0.00431. The van der Waals surface area contributed by atoms with E-state index >= 15 is 0 Å². The van der Waals surface area contributed by atoms with Gasteiger partial charge >= 0.3 is 18.0 Å². The van der Waals surface area contributed by atoms with Crippen LogP contribution in [0.1, 0.15) is 33.1 Å². The predicted octanol–water partition coefficient (Wildman–Crippen LogP) is 0.738. The van der Waals surface area contributed by atoms with Crippen molar-refractivity contribution in [1.29, 1.82) is 0 Å². The summed E-state index contributed by atoms with van der Waals surface area (Å²) in [5.74, 6) is -1.24. The number of carbonyl (C=O) groups excluding carboxylic acids is 2. The zero-order valence-electron chi connectivity index (χ0n) is 12.1. The number of carboxylic acid groups (broad SMARTS) is 1. The van der Waals surface area contributed by atoms with Crippen molar-refractivity contribution in [3.05, 3.63) is 0 Å². The molecule has 0 saturated heterocycles. The van der Waals surface area contributed by atoms with E-state index in [2.05, 4.69) is 29.2 Å². The molecule has 0 aromatic carbocycles. The van der Waals surface area contributed by atoms with Gasteiger partial charge in [0.05, 0.1) is 7.11 Å². The molecule has 1 saturated carbocycles. The Morgan fingerprint density at radius 3 is 2.45 bits per heavy atom. The number of aliphatic carboxylic acids is 1. The van der Waals surface area contributed by atoms with Crippen LogP contribution < -0.4 is 10.6 Å². The number of amides is 2. The quantitative estimate of drug-likeness (QED) is 0.599. The molecule has 0 spiro atoms. The molecule has 1 aliphatic rings. The fourth-order valence-electron chi connectivity index (χ4n) is 1.97. The summed E-state index contributed by atoms with van der Waals surface area (Å²) in [4.78, 5) is 33.6. The van der Waals surface area contributed by atoms with Gasteiger partial charge in [-0.15, -0.1) is 0 Å². The standard InChI is InChI=1S/C13H22N2O5/c1-13(2)6-8(13)7-14-12(19)15-9(11(17)18)4-5-10(16)20-3/h8-9H,4-7H2,1-3H3,(H,17,18)(H2,14,15,19)/t8?,9-/m0/s1. The zero-order valence-corrected chi connectivity index (χ0v) is 12.1. The molecule has 1 unspecified atom stereocenters. The Morgan fingerprint density at radius 2 is 2.00 bits per heavy atom. The molecule has 20 heavy (non-hydrogen) atoms. The Kier molecular flexibility index (Phi) is 5.35.